The molecule has 0 spiro atoms. The summed E-state index contributed by atoms with van der Waals surface area (Å²) in [5, 5.41) is 2.91. The lowest BCUT2D eigenvalue weighted by atomic mass is 10.0. The third kappa shape index (κ3) is 5.30. The van der Waals surface area contributed by atoms with Gasteiger partial charge in [-0.25, -0.2) is 8.42 Å². The van der Waals surface area contributed by atoms with Gasteiger partial charge in [-0.2, -0.15) is 4.31 Å². The molecule has 0 bridgehead atoms. The fraction of sp³-hybridized carbons (Fsp3) is 0.650. The van der Waals surface area contributed by atoms with E-state index in [0.29, 0.717) is 36.3 Å². The topological polar surface area (TPSA) is 70.9 Å². The molecule has 2 saturated heterocycles. The van der Waals surface area contributed by atoms with Gasteiger partial charge in [0.05, 0.1) is 17.5 Å². The van der Waals surface area contributed by atoms with Crippen molar-refractivity contribution in [3.8, 4) is 0 Å². The van der Waals surface area contributed by atoms with E-state index in [4.69, 9.17) is 0 Å². The molecule has 2 aliphatic rings. The van der Waals surface area contributed by atoms with E-state index >= 15 is 0 Å². The van der Waals surface area contributed by atoms with Crippen molar-refractivity contribution in [3.63, 3.8) is 0 Å². The summed E-state index contributed by atoms with van der Waals surface area (Å²) in [6.45, 7) is 4.90. The SMILES string of the molecule is C[C@@H]1CCCC[NH+]1CC(=O)Nc1ccc(S(=O)(=O)N2CCCCCC2)cc1. The van der Waals surface area contributed by atoms with Crippen molar-refractivity contribution in [2.24, 2.45) is 0 Å². The first-order chi connectivity index (χ1) is 13.0. The minimum Gasteiger partial charge on any atom is -0.325 e. The molecule has 2 heterocycles. The number of piperidine rings is 1. The maximum absolute atomic E-state index is 12.8. The van der Waals surface area contributed by atoms with Crippen LogP contribution < -0.4 is 10.2 Å². The zero-order valence-electron chi connectivity index (χ0n) is 16.2. The summed E-state index contributed by atoms with van der Waals surface area (Å²) in [7, 11) is -3.44. The van der Waals surface area contributed by atoms with Gasteiger partial charge in [-0.05, 0) is 63.3 Å². The number of hydrogen-bond donors (Lipinski definition) is 2. The first-order valence-electron chi connectivity index (χ1n) is 10.2. The van der Waals surface area contributed by atoms with Gasteiger partial charge < -0.3 is 10.2 Å². The van der Waals surface area contributed by atoms with Crippen molar-refractivity contribution in [1.82, 2.24) is 4.31 Å². The standard InChI is InChI=1S/C20H31N3O3S/c1-17-8-4-7-13-22(17)16-20(24)21-18-9-11-19(12-10-18)27(25,26)23-14-5-2-3-6-15-23/h9-12,17H,2-8,13-16H2,1H3,(H,21,24)/p+1/t17-/m1/s1. The first-order valence-corrected chi connectivity index (χ1v) is 11.7. The average molecular weight is 395 g/mol. The Morgan fingerprint density at radius 2 is 1.74 bits per heavy atom. The molecule has 1 unspecified atom stereocenters. The fourth-order valence-corrected chi connectivity index (χ4v) is 5.59. The van der Waals surface area contributed by atoms with Crippen molar-refractivity contribution in [2.45, 2.75) is 62.8 Å². The number of hydrogen-bond acceptors (Lipinski definition) is 3. The number of carbonyl (C=O) groups is 1. The van der Waals surface area contributed by atoms with Crippen LogP contribution in [0.25, 0.3) is 0 Å². The highest BCUT2D eigenvalue weighted by Crippen LogP contribution is 2.21. The molecular formula is C20H32N3O3S+. The molecule has 1 aromatic rings. The summed E-state index contributed by atoms with van der Waals surface area (Å²) in [6.07, 6.45) is 7.62. The Labute approximate surface area is 163 Å². The molecule has 0 radical (unpaired) electrons. The lowest BCUT2D eigenvalue weighted by Gasteiger charge is -2.29. The Kier molecular flexibility index (Phi) is 6.89. The number of amides is 1. The second-order valence-corrected chi connectivity index (χ2v) is 9.81. The highest BCUT2D eigenvalue weighted by atomic mass is 32.2. The van der Waals surface area contributed by atoms with E-state index < -0.39 is 10.0 Å². The van der Waals surface area contributed by atoms with Crippen LogP contribution in [-0.4, -0.2) is 50.9 Å². The molecule has 27 heavy (non-hydrogen) atoms. The molecule has 0 aromatic heterocycles. The Bertz CT molecular complexity index is 725. The summed E-state index contributed by atoms with van der Waals surface area (Å²) in [5.74, 6) is -0.0122. The van der Waals surface area contributed by atoms with Gasteiger partial charge in [-0.1, -0.05) is 12.8 Å². The van der Waals surface area contributed by atoms with Gasteiger partial charge in [-0.15, -0.1) is 0 Å². The molecule has 7 heteroatoms. The zero-order chi connectivity index (χ0) is 19.3. The number of carbonyl (C=O) groups excluding carboxylic acids is 1. The van der Waals surface area contributed by atoms with E-state index in [1.54, 1.807) is 28.6 Å². The minimum atomic E-state index is -3.44. The zero-order valence-corrected chi connectivity index (χ0v) is 17.1. The van der Waals surface area contributed by atoms with Gasteiger partial charge in [0.15, 0.2) is 6.54 Å². The maximum Gasteiger partial charge on any atom is 0.279 e. The molecule has 150 valence electrons. The van der Waals surface area contributed by atoms with Crippen molar-refractivity contribution in [2.75, 3.05) is 31.5 Å². The first kappa shape index (κ1) is 20.3. The third-order valence-electron chi connectivity index (χ3n) is 5.81. The summed E-state index contributed by atoms with van der Waals surface area (Å²) in [4.78, 5) is 14.0. The van der Waals surface area contributed by atoms with Crippen molar-refractivity contribution >= 4 is 21.6 Å². The van der Waals surface area contributed by atoms with Gasteiger partial charge in [0, 0.05) is 18.8 Å². The van der Waals surface area contributed by atoms with Crippen molar-refractivity contribution in [3.05, 3.63) is 24.3 Å². The van der Waals surface area contributed by atoms with Crippen LogP contribution in [0.5, 0.6) is 0 Å². The third-order valence-corrected chi connectivity index (χ3v) is 7.72. The highest BCUT2D eigenvalue weighted by molar-refractivity contribution is 7.89. The summed E-state index contributed by atoms with van der Waals surface area (Å²) in [6, 6.07) is 7.11. The highest BCUT2D eigenvalue weighted by Gasteiger charge is 2.26. The van der Waals surface area contributed by atoms with Crippen LogP contribution in [0, 0.1) is 0 Å². The quantitative estimate of drug-likeness (QED) is 0.798. The van der Waals surface area contributed by atoms with E-state index in [9.17, 15) is 13.2 Å². The van der Waals surface area contributed by atoms with E-state index in [-0.39, 0.29) is 5.91 Å². The fourth-order valence-electron chi connectivity index (χ4n) is 4.07. The lowest BCUT2D eigenvalue weighted by Crippen LogP contribution is -3.17. The molecule has 2 fully saturated rings. The monoisotopic (exact) mass is 394 g/mol. The molecule has 0 aliphatic carbocycles. The number of anilines is 1. The summed E-state index contributed by atoms with van der Waals surface area (Å²) < 4.78 is 27.2. The van der Waals surface area contributed by atoms with Crippen LogP contribution in [0.3, 0.4) is 0 Å². The normalized spacial score (nSPS) is 24.9. The van der Waals surface area contributed by atoms with Crippen LogP contribution in [0.15, 0.2) is 29.2 Å². The van der Waals surface area contributed by atoms with E-state index in [1.165, 1.54) is 24.2 Å². The minimum absolute atomic E-state index is 0.0122. The molecule has 2 atom stereocenters. The molecule has 3 rings (SSSR count). The van der Waals surface area contributed by atoms with Gasteiger partial charge in [0.1, 0.15) is 0 Å². The number of nitrogens with zero attached hydrogens (tertiary/aromatic N) is 1. The second-order valence-electron chi connectivity index (χ2n) is 7.87. The van der Waals surface area contributed by atoms with E-state index in [1.807, 2.05) is 0 Å². The van der Waals surface area contributed by atoms with Crippen LogP contribution in [0.2, 0.25) is 0 Å². The van der Waals surface area contributed by atoms with Gasteiger partial charge >= 0.3 is 0 Å². The molecule has 1 amide bonds. The number of quaternary nitrogens is 1. The number of rotatable bonds is 5. The van der Waals surface area contributed by atoms with Crippen LogP contribution in [-0.2, 0) is 14.8 Å². The van der Waals surface area contributed by atoms with Crippen molar-refractivity contribution in [1.29, 1.82) is 0 Å². The van der Waals surface area contributed by atoms with E-state index in [2.05, 4.69) is 12.2 Å². The predicted octanol–water partition coefficient (Wildman–Crippen LogP) is 1.65. The molecular weight excluding hydrogens is 362 g/mol. The maximum atomic E-state index is 12.8. The van der Waals surface area contributed by atoms with Crippen LogP contribution in [0.4, 0.5) is 5.69 Å². The van der Waals surface area contributed by atoms with Gasteiger partial charge in [0.2, 0.25) is 10.0 Å². The van der Waals surface area contributed by atoms with Crippen LogP contribution >= 0.6 is 0 Å². The summed E-state index contributed by atoms with van der Waals surface area (Å²) in [5.41, 5.74) is 0.652. The Balaban J connectivity index is 1.60. The van der Waals surface area contributed by atoms with Gasteiger partial charge in [-0.3, -0.25) is 4.79 Å². The Morgan fingerprint density at radius 3 is 2.37 bits per heavy atom. The molecule has 2 aliphatic heterocycles. The second kappa shape index (κ2) is 9.17. The number of benzene rings is 1. The van der Waals surface area contributed by atoms with Crippen LogP contribution in [0.1, 0.15) is 51.9 Å². The number of nitrogens with one attached hydrogen (secondary N) is 2. The average Bonchev–Trinajstić information content (AvgIpc) is 2.94. The molecule has 2 N–H and O–H groups in total. The van der Waals surface area contributed by atoms with E-state index in [0.717, 1.165) is 32.2 Å². The summed E-state index contributed by atoms with van der Waals surface area (Å²) >= 11 is 0. The lowest BCUT2D eigenvalue weighted by molar-refractivity contribution is -0.920. The predicted molar refractivity (Wildman–Crippen MR) is 106 cm³/mol. The molecule has 1 aromatic carbocycles. The number of sulfonamides is 1. The number of likely N-dealkylation sites (tertiary alicyclic amines) is 1. The smallest absolute Gasteiger partial charge is 0.279 e. The molecule has 6 nitrogen and oxygen atoms in total. The molecule has 0 saturated carbocycles. The Morgan fingerprint density at radius 1 is 1.07 bits per heavy atom. The van der Waals surface area contributed by atoms with Gasteiger partial charge in [0.25, 0.3) is 5.91 Å². The van der Waals surface area contributed by atoms with Crippen molar-refractivity contribution < 1.29 is 18.1 Å². The Hall–Kier alpha value is -1.44. The largest absolute Gasteiger partial charge is 0.325 e.